The minimum absolute atomic E-state index is 0.297. The van der Waals surface area contributed by atoms with Crippen LogP contribution in [0.2, 0.25) is 10.0 Å². The van der Waals surface area contributed by atoms with E-state index in [1.165, 1.54) is 12.1 Å². The summed E-state index contributed by atoms with van der Waals surface area (Å²) >= 11 is 12.5. The average molecular weight is 460 g/mol. The van der Waals surface area contributed by atoms with Gasteiger partial charge >= 0.3 is 6.09 Å². The first-order valence-electron chi connectivity index (χ1n) is 9.87. The van der Waals surface area contributed by atoms with Gasteiger partial charge in [0.1, 0.15) is 17.7 Å². The highest BCUT2D eigenvalue weighted by atomic mass is 35.5. The Morgan fingerprint density at radius 2 is 1.90 bits per heavy atom. The zero-order valence-corrected chi connectivity index (χ0v) is 18.0. The highest BCUT2D eigenvalue weighted by Gasteiger charge is 2.30. The molecule has 0 radical (unpaired) electrons. The van der Waals surface area contributed by atoms with Gasteiger partial charge in [0.15, 0.2) is 0 Å². The fourth-order valence-corrected chi connectivity index (χ4v) is 4.41. The summed E-state index contributed by atoms with van der Waals surface area (Å²) in [5, 5.41) is 12.8. The number of rotatable bonds is 6. The molecule has 2 atom stereocenters. The van der Waals surface area contributed by atoms with E-state index in [4.69, 9.17) is 27.9 Å². The summed E-state index contributed by atoms with van der Waals surface area (Å²) in [4.78, 5) is 11.3. The lowest BCUT2D eigenvalue weighted by molar-refractivity contribution is 0.175. The number of fused-ring (bicyclic) bond motifs is 1. The maximum absolute atomic E-state index is 14.4. The highest BCUT2D eigenvalue weighted by molar-refractivity contribution is 6.35. The van der Waals surface area contributed by atoms with Crippen molar-refractivity contribution in [1.82, 2.24) is 5.32 Å². The molecule has 0 saturated carbocycles. The lowest BCUT2D eigenvalue weighted by Gasteiger charge is -2.21. The van der Waals surface area contributed by atoms with Gasteiger partial charge in [-0.25, -0.2) is 9.18 Å². The van der Waals surface area contributed by atoms with Gasteiger partial charge in [0, 0.05) is 45.6 Å². The van der Waals surface area contributed by atoms with E-state index in [-0.39, 0.29) is 12.1 Å². The third-order valence-electron chi connectivity index (χ3n) is 5.28. The number of nitrogens with one attached hydrogen (secondary N) is 1. The van der Waals surface area contributed by atoms with Crippen LogP contribution in [0.5, 0.6) is 5.75 Å². The van der Waals surface area contributed by atoms with Crippen LogP contribution in [0.4, 0.5) is 9.18 Å². The molecule has 1 amide bonds. The Labute approximate surface area is 189 Å². The largest absolute Gasteiger partial charge is 0.489 e. The van der Waals surface area contributed by atoms with Gasteiger partial charge in [-0.05, 0) is 42.3 Å². The van der Waals surface area contributed by atoms with Gasteiger partial charge in [0.2, 0.25) is 0 Å². The van der Waals surface area contributed by atoms with E-state index < -0.39 is 11.9 Å². The standard InChI is InChI=1S/C24H20Cl2FNO3/c25-16-6-7-22(26)20(11-16)21-12-17(27)9-15-10-19(31-23(15)21)13-18(28-24(29)30)8-14-4-2-1-3-5-14/h1-7,9,11-12,18-19,28H,8,10,13H2,(H,29,30). The van der Waals surface area contributed by atoms with Crippen LogP contribution in [0, 0.1) is 5.82 Å². The van der Waals surface area contributed by atoms with Crippen molar-refractivity contribution < 1.29 is 19.0 Å². The van der Waals surface area contributed by atoms with E-state index in [9.17, 15) is 14.3 Å². The number of halogens is 3. The first kappa shape index (κ1) is 21.5. The molecular weight excluding hydrogens is 440 g/mol. The lowest BCUT2D eigenvalue weighted by Crippen LogP contribution is -2.39. The molecule has 0 bridgehead atoms. The number of benzene rings is 3. The van der Waals surface area contributed by atoms with Gasteiger partial charge in [0.25, 0.3) is 0 Å². The van der Waals surface area contributed by atoms with E-state index in [2.05, 4.69) is 5.32 Å². The number of hydrogen-bond donors (Lipinski definition) is 2. The molecule has 1 aliphatic rings. The van der Waals surface area contributed by atoms with Crippen molar-refractivity contribution >= 4 is 29.3 Å². The van der Waals surface area contributed by atoms with Gasteiger partial charge in [-0.1, -0.05) is 53.5 Å². The normalized spacial score (nSPS) is 15.8. The molecule has 1 heterocycles. The number of carbonyl (C=O) groups is 1. The molecule has 0 aromatic heterocycles. The summed E-state index contributed by atoms with van der Waals surface area (Å²) in [6.45, 7) is 0. The lowest BCUT2D eigenvalue weighted by atomic mass is 9.97. The van der Waals surface area contributed by atoms with Crippen LogP contribution < -0.4 is 10.1 Å². The maximum Gasteiger partial charge on any atom is 0.404 e. The van der Waals surface area contributed by atoms with Crippen molar-refractivity contribution in [1.29, 1.82) is 0 Å². The Balaban J connectivity index is 1.58. The van der Waals surface area contributed by atoms with Crippen LogP contribution in [0.3, 0.4) is 0 Å². The number of ether oxygens (including phenoxy) is 1. The predicted octanol–water partition coefficient (Wildman–Crippen LogP) is 6.37. The van der Waals surface area contributed by atoms with Crippen LogP contribution in [0.15, 0.2) is 60.7 Å². The minimum Gasteiger partial charge on any atom is -0.489 e. The Bertz CT molecular complexity index is 1110. The molecule has 0 spiro atoms. The first-order valence-corrected chi connectivity index (χ1v) is 10.6. The van der Waals surface area contributed by atoms with Gasteiger partial charge in [0.05, 0.1) is 0 Å². The molecule has 0 saturated heterocycles. The van der Waals surface area contributed by atoms with Crippen molar-refractivity contribution in [2.45, 2.75) is 31.4 Å². The number of hydrogen-bond acceptors (Lipinski definition) is 2. The Kier molecular flexibility index (Phi) is 6.35. The predicted molar refractivity (Wildman–Crippen MR) is 120 cm³/mol. The molecule has 0 fully saturated rings. The van der Waals surface area contributed by atoms with Crippen molar-refractivity contribution in [3.8, 4) is 16.9 Å². The summed E-state index contributed by atoms with van der Waals surface area (Å²) in [5.74, 6) is 0.169. The highest BCUT2D eigenvalue weighted by Crippen LogP contribution is 2.43. The van der Waals surface area contributed by atoms with E-state index in [1.54, 1.807) is 18.2 Å². The van der Waals surface area contributed by atoms with Gasteiger partial charge in [-0.2, -0.15) is 0 Å². The van der Waals surface area contributed by atoms with Gasteiger partial charge in [-0.15, -0.1) is 0 Å². The zero-order chi connectivity index (χ0) is 22.0. The quantitative estimate of drug-likeness (QED) is 0.449. The summed E-state index contributed by atoms with van der Waals surface area (Å²) in [6.07, 6.45) is 0.0680. The van der Waals surface area contributed by atoms with E-state index in [0.29, 0.717) is 46.2 Å². The Hall–Kier alpha value is -2.76. The Morgan fingerprint density at radius 3 is 2.65 bits per heavy atom. The second kappa shape index (κ2) is 9.16. The molecule has 3 aromatic carbocycles. The second-order valence-electron chi connectivity index (χ2n) is 7.58. The molecule has 31 heavy (non-hydrogen) atoms. The monoisotopic (exact) mass is 459 g/mol. The topological polar surface area (TPSA) is 58.6 Å². The Morgan fingerprint density at radius 1 is 1.13 bits per heavy atom. The summed E-state index contributed by atoms with van der Waals surface area (Å²) in [7, 11) is 0. The second-order valence-corrected chi connectivity index (χ2v) is 8.43. The fourth-order valence-electron chi connectivity index (χ4n) is 4.01. The smallest absolute Gasteiger partial charge is 0.404 e. The maximum atomic E-state index is 14.4. The molecular formula is C24H20Cl2FNO3. The number of carboxylic acid groups (broad SMARTS) is 1. The first-order chi connectivity index (χ1) is 14.9. The molecule has 160 valence electrons. The molecule has 2 unspecified atom stereocenters. The van der Waals surface area contributed by atoms with Crippen LogP contribution in [0.25, 0.3) is 11.1 Å². The minimum atomic E-state index is -1.09. The van der Waals surface area contributed by atoms with Crippen molar-refractivity contribution in [3.05, 3.63) is 87.7 Å². The summed E-state index contributed by atoms with van der Waals surface area (Å²) in [6, 6.07) is 17.2. The van der Waals surface area contributed by atoms with Crippen LogP contribution in [0.1, 0.15) is 17.5 Å². The third-order valence-corrected chi connectivity index (χ3v) is 5.85. The van der Waals surface area contributed by atoms with E-state index >= 15 is 0 Å². The molecule has 4 rings (SSSR count). The molecule has 2 N–H and O–H groups in total. The molecule has 1 aliphatic heterocycles. The SMILES string of the molecule is O=C(O)NC(Cc1ccccc1)CC1Cc2cc(F)cc(-c3cc(Cl)ccc3Cl)c2O1. The third kappa shape index (κ3) is 5.12. The summed E-state index contributed by atoms with van der Waals surface area (Å²) in [5.41, 5.74) is 2.88. The van der Waals surface area contributed by atoms with E-state index in [0.717, 1.165) is 11.1 Å². The van der Waals surface area contributed by atoms with E-state index in [1.807, 2.05) is 30.3 Å². The van der Waals surface area contributed by atoms with Crippen LogP contribution in [-0.4, -0.2) is 23.3 Å². The van der Waals surface area contributed by atoms with Crippen molar-refractivity contribution in [2.75, 3.05) is 0 Å². The van der Waals surface area contributed by atoms with Crippen molar-refractivity contribution in [3.63, 3.8) is 0 Å². The number of amides is 1. The molecule has 4 nitrogen and oxygen atoms in total. The average Bonchev–Trinajstić information content (AvgIpc) is 3.11. The fraction of sp³-hybridized carbons (Fsp3) is 0.208. The zero-order valence-electron chi connectivity index (χ0n) is 16.4. The molecule has 3 aromatic rings. The molecule has 7 heteroatoms. The van der Waals surface area contributed by atoms with Gasteiger partial charge < -0.3 is 15.2 Å². The van der Waals surface area contributed by atoms with Crippen LogP contribution >= 0.6 is 23.2 Å². The van der Waals surface area contributed by atoms with Crippen molar-refractivity contribution in [2.24, 2.45) is 0 Å². The molecule has 0 aliphatic carbocycles. The van der Waals surface area contributed by atoms with Gasteiger partial charge in [-0.3, -0.25) is 0 Å². The van der Waals surface area contributed by atoms with Crippen LogP contribution in [-0.2, 0) is 12.8 Å². The summed E-state index contributed by atoms with van der Waals surface area (Å²) < 4.78 is 20.6.